The maximum atomic E-state index is 13.6. The molecule has 3 aromatic carbocycles. The summed E-state index contributed by atoms with van der Waals surface area (Å²) >= 11 is 5.93. The first kappa shape index (κ1) is 17.2. The van der Waals surface area contributed by atoms with Gasteiger partial charge in [0, 0.05) is 0 Å². The standard InChI is InChI=1S/C22H14ClFN2O/c23-18-14-16(11-12-19(18)24)26-21(13-10-15-6-2-1-3-7-15)25-20-9-5-4-8-17(20)22(26)27/h1-14H/b13-10+. The minimum Gasteiger partial charge on any atom is -0.268 e. The van der Waals surface area contributed by atoms with E-state index in [2.05, 4.69) is 4.98 Å². The summed E-state index contributed by atoms with van der Waals surface area (Å²) in [7, 11) is 0. The Balaban J connectivity index is 1.97. The second kappa shape index (κ2) is 7.17. The summed E-state index contributed by atoms with van der Waals surface area (Å²) in [5, 5.41) is 0.431. The fraction of sp³-hybridized carbons (Fsp3) is 0. The van der Waals surface area contributed by atoms with Gasteiger partial charge in [0.2, 0.25) is 0 Å². The van der Waals surface area contributed by atoms with Gasteiger partial charge in [-0.25, -0.2) is 9.37 Å². The summed E-state index contributed by atoms with van der Waals surface area (Å²) in [4.78, 5) is 17.7. The van der Waals surface area contributed by atoms with Crippen LogP contribution in [0.5, 0.6) is 0 Å². The minimum atomic E-state index is -0.538. The fourth-order valence-corrected chi connectivity index (χ4v) is 3.05. The monoisotopic (exact) mass is 376 g/mol. The van der Waals surface area contributed by atoms with Gasteiger partial charge < -0.3 is 0 Å². The van der Waals surface area contributed by atoms with Gasteiger partial charge in [0.05, 0.1) is 21.6 Å². The van der Waals surface area contributed by atoms with Gasteiger partial charge in [0.1, 0.15) is 11.6 Å². The lowest BCUT2D eigenvalue weighted by Crippen LogP contribution is -2.22. The Hall–Kier alpha value is -3.24. The van der Waals surface area contributed by atoms with Gasteiger partial charge in [0.15, 0.2) is 0 Å². The van der Waals surface area contributed by atoms with E-state index in [9.17, 15) is 9.18 Å². The van der Waals surface area contributed by atoms with Crippen molar-refractivity contribution in [3.05, 3.63) is 105 Å². The summed E-state index contributed by atoms with van der Waals surface area (Å²) in [6.45, 7) is 0. The van der Waals surface area contributed by atoms with Crippen molar-refractivity contribution in [2.24, 2.45) is 0 Å². The van der Waals surface area contributed by atoms with E-state index in [0.29, 0.717) is 22.4 Å². The third kappa shape index (κ3) is 3.39. The van der Waals surface area contributed by atoms with Crippen LogP contribution in [0.1, 0.15) is 11.4 Å². The number of hydrogen-bond donors (Lipinski definition) is 0. The summed E-state index contributed by atoms with van der Waals surface area (Å²) < 4.78 is 15.0. The van der Waals surface area contributed by atoms with Gasteiger partial charge in [-0.2, -0.15) is 0 Å². The molecule has 0 aliphatic carbocycles. The summed E-state index contributed by atoms with van der Waals surface area (Å²) in [6.07, 6.45) is 3.64. The second-order valence-electron chi connectivity index (χ2n) is 5.97. The van der Waals surface area contributed by atoms with Crippen LogP contribution in [0.3, 0.4) is 0 Å². The first-order valence-corrected chi connectivity index (χ1v) is 8.71. The van der Waals surface area contributed by atoms with E-state index in [-0.39, 0.29) is 10.6 Å². The molecule has 0 bridgehead atoms. The predicted molar refractivity (Wildman–Crippen MR) is 108 cm³/mol. The number of benzene rings is 3. The molecule has 0 unspecified atom stereocenters. The number of hydrogen-bond acceptors (Lipinski definition) is 2. The molecule has 0 fully saturated rings. The molecule has 132 valence electrons. The van der Waals surface area contributed by atoms with Crippen LogP contribution >= 0.6 is 11.6 Å². The molecule has 1 heterocycles. The van der Waals surface area contributed by atoms with Crippen molar-refractivity contribution < 1.29 is 4.39 Å². The maximum absolute atomic E-state index is 13.6. The van der Waals surface area contributed by atoms with Crippen molar-refractivity contribution in [2.75, 3.05) is 0 Å². The molecule has 0 saturated heterocycles. The van der Waals surface area contributed by atoms with Crippen LogP contribution in [0.2, 0.25) is 5.02 Å². The summed E-state index contributed by atoms with van der Waals surface area (Å²) in [5.74, 6) is -0.103. The van der Waals surface area contributed by atoms with Crippen molar-refractivity contribution in [1.82, 2.24) is 9.55 Å². The molecule has 4 rings (SSSR count). The van der Waals surface area contributed by atoms with E-state index in [0.717, 1.165) is 5.56 Å². The molecular weight excluding hydrogens is 363 g/mol. The highest BCUT2D eigenvalue weighted by molar-refractivity contribution is 6.30. The average molecular weight is 377 g/mol. The molecule has 0 saturated carbocycles. The molecule has 0 aliphatic rings. The zero-order valence-electron chi connectivity index (χ0n) is 14.1. The van der Waals surface area contributed by atoms with Crippen molar-refractivity contribution in [2.45, 2.75) is 0 Å². The van der Waals surface area contributed by atoms with Gasteiger partial charge in [0.25, 0.3) is 5.56 Å². The zero-order chi connectivity index (χ0) is 18.8. The molecule has 0 aliphatic heterocycles. The Labute approximate surface area is 160 Å². The Kier molecular flexibility index (Phi) is 4.57. The van der Waals surface area contributed by atoms with Crippen molar-refractivity contribution >= 4 is 34.7 Å². The summed E-state index contributed by atoms with van der Waals surface area (Å²) in [6, 6.07) is 21.0. The Morgan fingerprint density at radius 2 is 1.67 bits per heavy atom. The number of rotatable bonds is 3. The van der Waals surface area contributed by atoms with Crippen LogP contribution in [-0.4, -0.2) is 9.55 Å². The number of fused-ring (bicyclic) bond motifs is 1. The predicted octanol–water partition coefficient (Wildman–Crippen LogP) is 5.35. The van der Waals surface area contributed by atoms with Crippen molar-refractivity contribution in [3.63, 3.8) is 0 Å². The Bertz CT molecular complexity index is 1220. The number of aromatic nitrogens is 2. The topological polar surface area (TPSA) is 34.9 Å². The lowest BCUT2D eigenvalue weighted by atomic mass is 10.2. The largest absolute Gasteiger partial charge is 0.268 e. The van der Waals surface area contributed by atoms with Crippen LogP contribution in [0.25, 0.3) is 28.7 Å². The first-order chi connectivity index (χ1) is 13.1. The van der Waals surface area contributed by atoms with Gasteiger partial charge in [-0.3, -0.25) is 9.36 Å². The SMILES string of the molecule is O=c1c2ccccc2nc(/C=C/c2ccccc2)n1-c1ccc(F)c(Cl)c1. The molecule has 3 nitrogen and oxygen atoms in total. The van der Waals surface area contributed by atoms with E-state index >= 15 is 0 Å². The smallest absolute Gasteiger partial charge is 0.266 e. The van der Waals surface area contributed by atoms with Gasteiger partial charge in [-0.15, -0.1) is 0 Å². The molecular formula is C22H14ClFN2O. The lowest BCUT2D eigenvalue weighted by molar-refractivity contribution is 0.627. The molecule has 0 N–H and O–H groups in total. The third-order valence-corrected chi connectivity index (χ3v) is 4.48. The third-order valence-electron chi connectivity index (χ3n) is 4.19. The first-order valence-electron chi connectivity index (χ1n) is 8.34. The minimum absolute atomic E-state index is 0.0504. The quantitative estimate of drug-likeness (QED) is 0.483. The maximum Gasteiger partial charge on any atom is 0.266 e. The highest BCUT2D eigenvalue weighted by Gasteiger charge is 2.12. The molecule has 27 heavy (non-hydrogen) atoms. The lowest BCUT2D eigenvalue weighted by Gasteiger charge is -2.12. The van der Waals surface area contributed by atoms with Crippen LogP contribution < -0.4 is 5.56 Å². The van der Waals surface area contributed by atoms with E-state index < -0.39 is 5.82 Å². The van der Waals surface area contributed by atoms with Crippen molar-refractivity contribution in [1.29, 1.82) is 0 Å². The van der Waals surface area contributed by atoms with E-state index in [1.165, 1.54) is 22.8 Å². The molecule has 0 radical (unpaired) electrons. The molecule has 0 amide bonds. The van der Waals surface area contributed by atoms with Crippen LogP contribution in [0.15, 0.2) is 77.6 Å². The molecule has 4 aromatic rings. The second-order valence-corrected chi connectivity index (χ2v) is 6.38. The number of nitrogens with zero attached hydrogens (tertiary/aromatic N) is 2. The van der Waals surface area contributed by atoms with Crippen LogP contribution in [-0.2, 0) is 0 Å². The Morgan fingerprint density at radius 1 is 0.926 bits per heavy atom. The van der Waals surface area contributed by atoms with Crippen LogP contribution in [0, 0.1) is 5.82 Å². The van der Waals surface area contributed by atoms with Crippen LogP contribution in [0.4, 0.5) is 4.39 Å². The van der Waals surface area contributed by atoms with E-state index in [1.54, 1.807) is 24.3 Å². The van der Waals surface area contributed by atoms with Gasteiger partial charge in [-0.05, 0) is 42.0 Å². The summed E-state index contributed by atoms with van der Waals surface area (Å²) in [5.41, 5.74) is 1.79. The molecule has 1 aromatic heterocycles. The molecule has 0 spiro atoms. The Morgan fingerprint density at radius 3 is 2.44 bits per heavy atom. The van der Waals surface area contributed by atoms with E-state index in [4.69, 9.17) is 11.6 Å². The fourth-order valence-electron chi connectivity index (χ4n) is 2.87. The highest BCUT2D eigenvalue weighted by atomic mass is 35.5. The number of para-hydroxylation sites is 1. The highest BCUT2D eigenvalue weighted by Crippen LogP contribution is 2.21. The average Bonchev–Trinajstić information content (AvgIpc) is 2.70. The van der Waals surface area contributed by atoms with E-state index in [1.807, 2.05) is 42.5 Å². The number of halogens is 2. The normalized spacial score (nSPS) is 11.3. The zero-order valence-corrected chi connectivity index (χ0v) is 14.9. The molecule has 0 atom stereocenters. The van der Waals surface area contributed by atoms with Crippen molar-refractivity contribution in [3.8, 4) is 5.69 Å². The van der Waals surface area contributed by atoms with Gasteiger partial charge >= 0.3 is 0 Å². The van der Waals surface area contributed by atoms with Gasteiger partial charge in [-0.1, -0.05) is 60.1 Å². The molecule has 5 heteroatoms.